The second-order valence-electron chi connectivity index (χ2n) is 6.70. The van der Waals surface area contributed by atoms with Crippen molar-refractivity contribution in [2.75, 3.05) is 19.0 Å². The zero-order valence-electron chi connectivity index (χ0n) is 15.9. The van der Waals surface area contributed by atoms with E-state index in [0.29, 0.717) is 4.57 Å². The summed E-state index contributed by atoms with van der Waals surface area (Å²) in [6.07, 6.45) is -3.02. The Morgan fingerprint density at radius 1 is 1.25 bits per heavy atom. The van der Waals surface area contributed by atoms with Crippen molar-refractivity contribution < 1.29 is 65.8 Å². The predicted molar refractivity (Wildman–Crippen MR) is 98.2 cm³/mol. The highest BCUT2D eigenvalue weighted by molar-refractivity contribution is 7.66. The van der Waals surface area contributed by atoms with E-state index in [1.165, 1.54) is 0 Å². The molecule has 1 aliphatic rings. The van der Waals surface area contributed by atoms with Gasteiger partial charge in [0.15, 0.2) is 11.8 Å². The average Bonchev–Trinajstić information content (AvgIpc) is 2.78. The fourth-order valence-electron chi connectivity index (χ4n) is 2.77. The number of alkyl halides is 1. The minimum atomic E-state index is -5.85. The number of rotatable bonds is 9. The molecule has 0 radical (unpaired) electrons. The van der Waals surface area contributed by atoms with Gasteiger partial charge in [-0.3, -0.25) is 9.09 Å². The van der Waals surface area contributed by atoms with Crippen LogP contribution in [0.15, 0.2) is 17.1 Å². The van der Waals surface area contributed by atoms with Crippen LogP contribution < -0.4 is 11.4 Å². The van der Waals surface area contributed by atoms with Crippen LogP contribution in [0.3, 0.4) is 0 Å². The van der Waals surface area contributed by atoms with E-state index in [1.807, 2.05) is 0 Å². The van der Waals surface area contributed by atoms with Gasteiger partial charge in [0.05, 0.1) is 6.61 Å². The summed E-state index contributed by atoms with van der Waals surface area (Å²) in [5.74, 6) is -0.200. The Morgan fingerprint density at radius 2 is 1.84 bits per heavy atom. The Hall–Kier alpha value is -1.10. The van der Waals surface area contributed by atoms with Gasteiger partial charge in [0.2, 0.25) is 0 Å². The smallest absolute Gasteiger partial charge is 0.387 e. The van der Waals surface area contributed by atoms with Crippen LogP contribution in [0, 0.1) is 0 Å². The van der Waals surface area contributed by atoms with Gasteiger partial charge in [0.25, 0.3) is 0 Å². The van der Waals surface area contributed by atoms with Crippen molar-refractivity contribution in [2.45, 2.75) is 30.5 Å². The molecule has 1 saturated heterocycles. The standard InChI is InChI=1S/C11H19FN3O14P3/c1-10(18)7(16)11(4-12,27-8(10)15-3-2-6(13)14-9(15)17)5-26-31(22,23)29-32(24,25)28-30(19,20)21/h2-3,7-8,16,18H,4-5H2,1H3,(H,22,23)(H,24,25)(H2,13,14,17)(H2,19,20,21)/t7-,8?,10+,11+/m0/s1. The predicted octanol–water partition coefficient (Wildman–Crippen LogP) is -1.48. The van der Waals surface area contributed by atoms with Gasteiger partial charge in [-0.05, 0) is 13.0 Å². The van der Waals surface area contributed by atoms with Crippen LogP contribution >= 0.6 is 23.5 Å². The van der Waals surface area contributed by atoms with E-state index in [4.69, 9.17) is 25.2 Å². The van der Waals surface area contributed by atoms with Crippen molar-refractivity contribution in [2.24, 2.45) is 0 Å². The molecule has 2 heterocycles. The molecule has 0 saturated carbocycles. The molecular formula is C11H19FN3O14P3. The Balaban J connectivity index is 2.27. The Bertz CT molecular complexity index is 1060. The molecule has 6 atom stereocenters. The first-order chi connectivity index (χ1) is 14.3. The molecule has 8 N–H and O–H groups in total. The summed E-state index contributed by atoms with van der Waals surface area (Å²) in [7, 11) is -17.2. The lowest BCUT2D eigenvalue weighted by Gasteiger charge is -2.31. The van der Waals surface area contributed by atoms with Crippen molar-refractivity contribution in [3.05, 3.63) is 22.7 Å². The summed E-state index contributed by atoms with van der Waals surface area (Å²) in [5, 5.41) is 21.0. The van der Waals surface area contributed by atoms with Crippen LogP contribution in [0.4, 0.5) is 10.2 Å². The maximum absolute atomic E-state index is 13.9. The number of nitrogens with zero attached hydrogens (tertiary/aromatic N) is 2. The lowest BCUT2D eigenvalue weighted by molar-refractivity contribution is -0.138. The third kappa shape index (κ3) is 6.07. The number of nitrogen functional groups attached to an aromatic ring is 1. The van der Waals surface area contributed by atoms with E-state index in [9.17, 15) is 38.0 Å². The minimum Gasteiger partial charge on any atom is -0.387 e. The van der Waals surface area contributed by atoms with Crippen LogP contribution in [0.25, 0.3) is 0 Å². The number of aliphatic hydroxyl groups excluding tert-OH is 1. The monoisotopic (exact) mass is 529 g/mol. The largest absolute Gasteiger partial charge is 0.490 e. The SMILES string of the molecule is C[C@]1(O)C(n2ccc(N)nc2=O)O[C@](CF)(COP(=O)(O)OP(=O)(O)OP(=O)(O)O)[C@H]1O. The lowest BCUT2D eigenvalue weighted by Crippen LogP contribution is -2.53. The summed E-state index contributed by atoms with van der Waals surface area (Å²) >= 11 is 0. The number of aliphatic hydroxyl groups is 2. The molecule has 32 heavy (non-hydrogen) atoms. The fraction of sp³-hybridized carbons (Fsp3) is 0.636. The molecular weight excluding hydrogens is 510 g/mol. The molecule has 184 valence electrons. The first-order valence-electron chi connectivity index (χ1n) is 8.11. The van der Waals surface area contributed by atoms with E-state index in [0.717, 1.165) is 19.2 Å². The van der Waals surface area contributed by atoms with Gasteiger partial charge < -0.3 is 40.3 Å². The Labute approximate surface area is 177 Å². The minimum absolute atomic E-state index is 0.200. The Kier molecular flexibility index (Phi) is 7.57. The molecule has 0 bridgehead atoms. The van der Waals surface area contributed by atoms with Crippen LogP contribution in [-0.4, -0.2) is 69.9 Å². The molecule has 1 aromatic rings. The van der Waals surface area contributed by atoms with Crippen LogP contribution in [0.1, 0.15) is 13.2 Å². The highest BCUT2D eigenvalue weighted by atomic mass is 31.3. The first-order valence-corrected chi connectivity index (χ1v) is 12.6. The highest BCUT2D eigenvalue weighted by Gasteiger charge is 2.63. The number of nitrogens with two attached hydrogens (primary N) is 1. The van der Waals surface area contributed by atoms with E-state index < -0.39 is 66.0 Å². The number of hydrogen-bond donors (Lipinski definition) is 7. The molecule has 0 spiro atoms. The third-order valence-electron chi connectivity index (χ3n) is 4.12. The zero-order chi connectivity index (χ0) is 24.8. The van der Waals surface area contributed by atoms with Gasteiger partial charge in [-0.15, -0.1) is 0 Å². The summed E-state index contributed by atoms with van der Waals surface area (Å²) < 4.78 is 65.0. The molecule has 1 aliphatic heterocycles. The fourth-order valence-corrected chi connectivity index (χ4v) is 5.84. The van der Waals surface area contributed by atoms with Gasteiger partial charge >= 0.3 is 29.2 Å². The molecule has 21 heteroatoms. The second kappa shape index (κ2) is 8.92. The molecule has 0 aromatic carbocycles. The normalized spacial score (nSPS) is 32.4. The highest BCUT2D eigenvalue weighted by Crippen LogP contribution is 2.66. The molecule has 17 nitrogen and oxygen atoms in total. The van der Waals surface area contributed by atoms with Crippen molar-refractivity contribution >= 4 is 29.3 Å². The second-order valence-corrected chi connectivity index (χ2v) is 11.1. The Morgan fingerprint density at radius 3 is 2.34 bits per heavy atom. The van der Waals surface area contributed by atoms with Crippen molar-refractivity contribution in [1.82, 2.24) is 9.55 Å². The van der Waals surface area contributed by atoms with E-state index in [1.54, 1.807) is 0 Å². The van der Waals surface area contributed by atoms with E-state index >= 15 is 0 Å². The molecule has 0 aliphatic carbocycles. The maximum Gasteiger partial charge on any atom is 0.490 e. The third-order valence-corrected chi connectivity index (χ3v) is 7.90. The van der Waals surface area contributed by atoms with Gasteiger partial charge in [-0.25, -0.2) is 22.9 Å². The summed E-state index contributed by atoms with van der Waals surface area (Å²) in [6, 6.07) is 1.12. The molecule has 2 rings (SSSR count). The van der Waals surface area contributed by atoms with Crippen molar-refractivity contribution in [1.29, 1.82) is 0 Å². The first kappa shape index (κ1) is 27.1. The summed E-state index contributed by atoms with van der Waals surface area (Å²) in [6.45, 7) is -2.17. The van der Waals surface area contributed by atoms with Crippen molar-refractivity contribution in [3.8, 4) is 0 Å². The number of aromatic nitrogens is 2. The topological polar surface area (TPSA) is 270 Å². The van der Waals surface area contributed by atoms with Crippen LogP contribution in [0.5, 0.6) is 0 Å². The van der Waals surface area contributed by atoms with Crippen LogP contribution in [0.2, 0.25) is 0 Å². The maximum atomic E-state index is 13.9. The summed E-state index contributed by atoms with van der Waals surface area (Å²) in [5.41, 5.74) is -0.747. The quantitative estimate of drug-likeness (QED) is 0.180. The molecule has 3 unspecified atom stereocenters. The van der Waals surface area contributed by atoms with Crippen molar-refractivity contribution in [3.63, 3.8) is 0 Å². The number of halogens is 1. The molecule has 0 amide bonds. The van der Waals surface area contributed by atoms with Crippen LogP contribution in [-0.2, 0) is 31.6 Å². The number of ether oxygens (including phenoxy) is 1. The number of phosphoric acid groups is 3. The molecule has 1 fully saturated rings. The number of hydrogen-bond acceptors (Lipinski definition) is 12. The van der Waals surface area contributed by atoms with Gasteiger partial charge in [-0.2, -0.15) is 13.6 Å². The summed E-state index contributed by atoms with van der Waals surface area (Å²) in [4.78, 5) is 51.1. The van der Waals surface area contributed by atoms with E-state index in [-0.39, 0.29) is 5.82 Å². The number of phosphoric ester groups is 1. The van der Waals surface area contributed by atoms with Gasteiger partial charge in [0, 0.05) is 6.20 Å². The van der Waals surface area contributed by atoms with E-state index in [2.05, 4.69) is 18.1 Å². The average molecular weight is 529 g/mol. The lowest BCUT2D eigenvalue weighted by atomic mass is 9.88. The zero-order valence-corrected chi connectivity index (χ0v) is 18.5. The molecule has 1 aromatic heterocycles. The van der Waals surface area contributed by atoms with Gasteiger partial charge in [0.1, 0.15) is 24.2 Å². The van der Waals surface area contributed by atoms with Gasteiger partial charge in [-0.1, -0.05) is 0 Å². The number of anilines is 1.